The summed E-state index contributed by atoms with van der Waals surface area (Å²) in [6.45, 7) is 0. The molecule has 0 saturated carbocycles. The minimum absolute atomic E-state index is 0.0771. The molecule has 78 valence electrons. The molecule has 0 bridgehead atoms. The van der Waals surface area contributed by atoms with Crippen molar-refractivity contribution in [3.05, 3.63) is 32.8 Å². The van der Waals surface area contributed by atoms with Crippen LogP contribution in [-0.4, -0.2) is 14.7 Å². The third-order valence-corrected chi connectivity index (χ3v) is 2.66. The summed E-state index contributed by atoms with van der Waals surface area (Å²) in [6, 6.07) is 1.32. The molecule has 6 heteroatoms. The van der Waals surface area contributed by atoms with Gasteiger partial charge in [0.05, 0.1) is 21.8 Å². The van der Waals surface area contributed by atoms with Crippen LogP contribution in [0.15, 0.2) is 17.2 Å². The number of rotatable bonds is 0. The monoisotopic (exact) mass is 244 g/mol. The smallest absolute Gasteiger partial charge is 0.262 e. The van der Waals surface area contributed by atoms with Gasteiger partial charge < -0.3 is 9.67 Å². The molecule has 0 aliphatic carbocycles. The summed E-state index contributed by atoms with van der Waals surface area (Å²) in [7, 11) is 1.55. The molecule has 15 heavy (non-hydrogen) atoms. The number of aryl methyl sites for hydroxylation is 1. The van der Waals surface area contributed by atoms with Gasteiger partial charge in [0.2, 0.25) is 0 Å². The first-order valence-corrected chi connectivity index (χ1v) is 4.80. The number of hydrogen-bond acceptors (Lipinski definition) is 3. The molecule has 0 radical (unpaired) electrons. The number of phenols is 1. The Hall–Kier alpha value is -1.26. The summed E-state index contributed by atoms with van der Waals surface area (Å²) in [4.78, 5) is 15.6. The molecule has 0 saturated heterocycles. The van der Waals surface area contributed by atoms with E-state index >= 15 is 0 Å². The van der Waals surface area contributed by atoms with Crippen molar-refractivity contribution in [1.29, 1.82) is 0 Å². The lowest BCUT2D eigenvalue weighted by Crippen LogP contribution is -2.17. The lowest BCUT2D eigenvalue weighted by Gasteiger charge is -2.05. The van der Waals surface area contributed by atoms with E-state index in [2.05, 4.69) is 4.98 Å². The average molecular weight is 245 g/mol. The molecular formula is C9H6Cl2N2O2. The molecule has 0 unspecified atom stereocenters. The molecule has 4 nitrogen and oxygen atoms in total. The molecule has 2 aromatic rings. The van der Waals surface area contributed by atoms with Gasteiger partial charge in [-0.3, -0.25) is 4.79 Å². The lowest BCUT2D eigenvalue weighted by atomic mass is 10.2. The van der Waals surface area contributed by atoms with Gasteiger partial charge in [-0.15, -0.1) is 0 Å². The summed E-state index contributed by atoms with van der Waals surface area (Å²) in [5, 5.41) is 10.0. The number of hydrogen-bond donors (Lipinski definition) is 1. The van der Waals surface area contributed by atoms with Crippen molar-refractivity contribution in [2.75, 3.05) is 0 Å². The van der Waals surface area contributed by atoms with Gasteiger partial charge in [-0.25, -0.2) is 4.98 Å². The van der Waals surface area contributed by atoms with Crippen LogP contribution >= 0.6 is 23.2 Å². The van der Waals surface area contributed by atoms with Crippen molar-refractivity contribution in [1.82, 2.24) is 9.55 Å². The Labute approximate surface area is 94.7 Å². The second-order valence-electron chi connectivity index (χ2n) is 3.07. The van der Waals surface area contributed by atoms with Crippen molar-refractivity contribution in [3.63, 3.8) is 0 Å². The number of phenolic OH excluding ortho intramolecular Hbond substituents is 1. The van der Waals surface area contributed by atoms with Gasteiger partial charge in [0.1, 0.15) is 5.52 Å². The predicted molar refractivity (Wildman–Crippen MR) is 58.7 cm³/mol. The highest BCUT2D eigenvalue weighted by atomic mass is 35.5. The largest absolute Gasteiger partial charge is 0.504 e. The first kappa shape index (κ1) is 10.3. The number of halogens is 2. The molecule has 1 aromatic carbocycles. The summed E-state index contributed by atoms with van der Waals surface area (Å²) in [5.41, 5.74) is -0.201. The van der Waals surface area contributed by atoms with Crippen LogP contribution in [0.25, 0.3) is 10.9 Å². The molecular weight excluding hydrogens is 239 g/mol. The van der Waals surface area contributed by atoms with Gasteiger partial charge in [-0.2, -0.15) is 0 Å². The number of aromatic nitrogens is 2. The summed E-state index contributed by atoms with van der Waals surface area (Å²) >= 11 is 11.6. The van der Waals surface area contributed by atoms with E-state index in [-0.39, 0.29) is 32.3 Å². The third kappa shape index (κ3) is 1.46. The molecule has 0 aliphatic heterocycles. The molecule has 1 aromatic heterocycles. The number of aromatic hydroxyl groups is 1. The first-order valence-electron chi connectivity index (χ1n) is 4.04. The van der Waals surface area contributed by atoms with Crippen molar-refractivity contribution in [2.24, 2.45) is 7.05 Å². The van der Waals surface area contributed by atoms with Crippen LogP contribution in [0.4, 0.5) is 0 Å². The van der Waals surface area contributed by atoms with Gasteiger partial charge in [0, 0.05) is 7.05 Å². The van der Waals surface area contributed by atoms with E-state index in [0.717, 1.165) is 0 Å². The zero-order valence-corrected chi connectivity index (χ0v) is 9.17. The zero-order valence-electron chi connectivity index (χ0n) is 7.66. The number of nitrogens with zero attached hydrogens (tertiary/aromatic N) is 2. The van der Waals surface area contributed by atoms with Gasteiger partial charge in [-0.1, -0.05) is 23.2 Å². The Morgan fingerprint density at radius 1 is 1.40 bits per heavy atom. The Bertz CT molecular complexity index is 607. The van der Waals surface area contributed by atoms with E-state index in [1.165, 1.54) is 17.0 Å². The van der Waals surface area contributed by atoms with Crippen LogP contribution in [0, 0.1) is 0 Å². The standard InChI is InChI=1S/C9H6Cl2N2O2/c1-13-3-12-7-6(9(13)15)4(10)2-5(11)8(7)14/h2-3,14H,1H3. The molecule has 0 atom stereocenters. The normalized spacial score (nSPS) is 10.9. The molecule has 0 aliphatic rings. The lowest BCUT2D eigenvalue weighted by molar-refractivity contribution is 0.480. The topological polar surface area (TPSA) is 55.1 Å². The third-order valence-electron chi connectivity index (χ3n) is 2.07. The van der Waals surface area contributed by atoms with Gasteiger partial charge in [0.15, 0.2) is 5.75 Å². The molecule has 0 fully saturated rings. The Morgan fingerprint density at radius 2 is 2.07 bits per heavy atom. The Kier molecular flexibility index (Phi) is 2.32. The summed E-state index contributed by atoms with van der Waals surface area (Å²) in [6.07, 6.45) is 1.30. The van der Waals surface area contributed by atoms with E-state index in [4.69, 9.17) is 23.2 Å². The summed E-state index contributed by atoms with van der Waals surface area (Å²) in [5.74, 6) is -0.228. The molecule has 1 heterocycles. The minimum Gasteiger partial charge on any atom is -0.504 e. The molecule has 2 rings (SSSR count). The van der Waals surface area contributed by atoms with Gasteiger partial charge in [-0.05, 0) is 6.07 Å². The number of benzene rings is 1. The second-order valence-corrected chi connectivity index (χ2v) is 3.89. The fourth-order valence-corrected chi connectivity index (χ4v) is 1.83. The average Bonchev–Trinajstić information content (AvgIpc) is 2.18. The zero-order chi connectivity index (χ0) is 11.2. The van der Waals surface area contributed by atoms with Crippen LogP contribution < -0.4 is 5.56 Å². The predicted octanol–water partition coefficient (Wildman–Crippen LogP) is 1.95. The van der Waals surface area contributed by atoms with Crippen LogP contribution in [-0.2, 0) is 7.05 Å². The second kappa shape index (κ2) is 3.40. The highest BCUT2D eigenvalue weighted by Gasteiger charge is 2.13. The first-order chi connectivity index (χ1) is 7.02. The minimum atomic E-state index is -0.322. The van der Waals surface area contributed by atoms with Gasteiger partial charge >= 0.3 is 0 Å². The summed E-state index contributed by atoms with van der Waals surface area (Å²) < 4.78 is 1.28. The molecule has 0 spiro atoms. The van der Waals surface area contributed by atoms with Crippen LogP contribution in [0.1, 0.15) is 0 Å². The highest BCUT2D eigenvalue weighted by Crippen LogP contribution is 2.33. The van der Waals surface area contributed by atoms with Crippen molar-refractivity contribution >= 4 is 34.1 Å². The fourth-order valence-electron chi connectivity index (χ4n) is 1.30. The van der Waals surface area contributed by atoms with Gasteiger partial charge in [0.25, 0.3) is 5.56 Å². The van der Waals surface area contributed by atoms with Crippen LogP contribution in [0.3, 0.4) is 0 Å². The SMILES string of the molecule is Cn1cnc2c(O)c(Cl)cc(Cl)c2c1=O. The quantitative estimate of drug-likeness (QED) is 0.771. The Balaban J connectivity index is 3.10. The van der Waals surface area contributed by atoms with Crippen molar-refractivity contribution in [3.8, 4) is 5.75 Å². The van der Waals surface area contributed by atoms with E-state index in [0.29, 0.717) is 0 Å². The maximum Gasteiger partial charge on any atom is 0.262 e. The van der Waals surface area contributed by atoms with E-state index < -0.39 is 0 Å². The van der Waals surface area contributed by atoms with E-state index in [1.54, 1.807) is 7.05 Å². The Morgan fingerprint density at radius 3 is 2.73 bits per heavy atom. The number of fused-ring (bicyclic) bond motifs is 1. The highest BCUT2D eigenvalue weighted by molar-refractivity contribution is 6.39. The van der Waals surface area contributed by atoms with Crippen molar-refractivity contribution < 1.29 is 5.11 Å². The van der Waals surface area contributed by atoms with Crippen molar-refractivity contribution in [2.45, 2.75) is 0 Å². The molecule has 0 amide bonds. The fraction of sp³-hybridized carbons (Fsp3) is 0.111. The molecule has 1 N–H and O–H groups in total. The van der Waals surface area contributed by atoms with E-state index in [9.17, 15) is 9.90 Å². The van der Waals surface area contributed by atoms with Crippen LogP contribution in [0.2, 0.25) is 10.0 Å². The van der Waals surface area contributed by atoms with E-state index in [1.807, 2.05) is 0 Å². The van der Waals surface area contributed by atoms with Crippen LogP contribution in [0.5, 0.6) is 5.75 Å². The maximum absolute atomic E-state index is 11.7. The maximum atomic E-state index is 11.7.